The van der Waals surface area contributed by atoms with Crippen LogP contribution in [0, 0.1) is 23.2 Å². The molecule has 8 nitrogen and oxygen atoms in total. The Morgan fingerprint density at radius 1 is 1.27 bits per heavy atom. The zero-order valence-corrected chi connectivity index (χ0v) is 17.6. The van der Waals surface area contributed by atoms with E-state index in [1.807, 2.05) is 0 Å². The molecule has 30 heavy (non-hydrogen) atoms. The van der Waals surface area contributed by atoms with Crippen molar-refractivity contribution in [1.29, 1.82) is 0 Å². The molecule has 160 valence electrons. The lowest BCUT2D eigenvalue weighted by molar-refractivity contribution is -0.122. The Hall–Kier alpha value is -2.90. The van der Waals surface area contributed by atoms with E-state index in [-0.39, 0.29) is 24.2 Å². The Labute approximate surface area is 175 Å². The van der Waals surface area contributed by atoms with Crippen LogP contribution in [0.15, 0.2) is 40.3 Å². The molecule has 2 unspecified atom stereocenters. The molecule has 1 amide bonds. The third kappa shape index (κ3) is 3.66. The Kier molecular flexibility index (Phi) is 5.26. The highest BCUT2D eigenvalue weighted by Gasteiger charge is 2.56. The van der Waals surface area contributed by atoms with Gasteiger partial charge in [-0.05, 0) is 53.7 Å². The summed E-state index contributed by atoms with van der Waals surface area (Å²) in [7, 11) is 0. The average molecular weight is 412 g/mol. The van der Waals surface area contributed by atoms with E-state index in [2.05, 4.69) is 41.5 Å². The Balaban J connectivity index is 1.40. The molecule has 0 aromatic carbocycles. The molecule has 2 bridgehead atoms. The number of H-pyrrole nitrogens is 1. The monoisotopic (exact) mass is 411 g/mol. The number of pyridine rings is 1. The molecule has 4 atom stereocenters. The summed E-state index contributed by atoms with van der Waals surface area (Å²) in [5.74, 6) is 1.37. The highest BCUT2D eigenvalue weighted by molar-refractivity contribution is 5.75. The van der Waals surface area contributed by atoms with E-state index >= 15 is 0 Å². The van der Waals surface area contributed by atoms with Gasteiger partial charge in [0.2, 0.25) is 5.91 Å². The minimum atomic E-state index is -0.729. The van der Waals surface area contributed by atoms with E-state index in [1.54, 1.807) is 24.5 Å². The average Bonchev–Trinajstić information content (AvgIpc) is 2.73. The van der Waals surface area contributed by atoms with Gasteiger partial charge in [0.15, 0.2) is 0 Å². The second kappa shape index (κ2) is 7.74. The van der Waals surface area contributed by atoms with Crippen LogP contribution in [0.4, 0.5) is 5.69 Å². The topological polar surface area (TPSA) is 109 Å². The third-order valence-electron chi connectivity index (χ3n) is 7.28. The number of aromatic nitrogens is 3. The molecule has 2 heterocycles. The van der Waals surface area contributed by atoms with Crippen molar-refractivity contribution >= 4 is 11.6 Å². The SMILES string of the molecule is C[C@H]1C(Nc2c[nH]n(CC(=O)NCc3ccncc3)c(=O)c2=O)C[C@H]2CC1C2(C)C. The van der Waals surface area contributed by atoms with Gasteiger partial charge in [-0.1, -0.05) is 20.8 Å². The molecule has 0 radical (unpaired) electrons. The first-order valence-electron chi connectivity index (χ1n) is 10.5. The number of nitrogens with zero attached hydrogens (tertiary/aromatic N) is 2. The molecule has 3 aliphatic rings. The van der Waals surface area contributed by atoms with Crippen LogP contribution in [0.3, 0.4) is 0 Å². The van der Waals surface area contributed by atoms with Crippen molar-refractivity contribution < 1.29 is 4.79 Å². The van der Waals surface area contributed by atoms with Gasteiger partial charge in [-0.25, -0.2) is 4.68 Å². The van der Waals surface area contributed by atoms with Crippen LogP contribution in [0.5, 0.6) is 0 Å². The Morgan fingerprint density at radius 3 is 2.67 bits per heavy atom. The Morgan fingerprint density at radius 2 is 2.00 bits per heavy atom. The largest absolute Gasteiger partial charge is 0.377 e. The lowest BCUT2D eigenvalue weighted by Crippen LogP contribution is -2.58. The normalized spacial score (nSPS) is 26.5. The number of nitrogens with one attached hydrogen (secondary N) is 3. The van der Waals surface area contributed by atoms with Crippen molar-refractivity contribution in [2.45, 2.75) is 52.7 Å². The van der Waals surface area contributed by atoms with Crippen molar-refractivity contribution in [1.82, 2.24) is 20.1 Å². The van der Waals surface area contributed by atoms with Gasteiger partial charge in [0.05, 0.1) is 0 Å². The first kappa shape index (κ1) is 20.4. The number of hydrogen-bond acceptors (Lipinski definition) is 5. The van der Waals surface area contributed by atoms with Crippen LogP contribution in [-0.2, 0) is 17.9 Å². The van der Waals surface area contributed by atoms with Crippen molar-refractivity contribution in [3.63, 3.8) is 0 Å². The standard InChI is InChI=1S/C22H29N5O3/c1-13-16-8-15(22(16,2)3)9-17(13)26-18-11-25-27(21(30)20(18)29)12-19(28)24-10-14-4-6-23-7-5-14/h4-7,11,13,15-17,25-26H,8-10,12H2,1-3H3,(H,24,28)/t13-,15-,16?,17?/m1/s1. The van der Waals surface area contributed by atoms with Gasteiger partial charge in [-0.15, -0.1) is 0 Å². The zero-order chi connectivity index (χ0) is 21.5. The Bertz CT molecular complexity index is 1040. The van der Waals surface area contributed by atoms with E-state index in [9.17, 15) is 14.4 Å². The zero-order valence-electron chi connectivity index (χ0n) is 17.6. The van der Waals surface area contributed by atoms with Gasteiger partial charge in [0.1, 0.15) is 12.2 Å². The second-order valence-electron chi connectivity index (χ2n) is 9.25. The van der Waals surface area contributed by atoms with Crippen molar-refractivity contribution in [3.8, 4) is 0 Å². The number of fused-ring (bicyclic) bond motifs is 2. The molecule has 3 N–H and O–H groups in total. The second-order valence-corrected chi connectivity index (χ2v) is 9.25. The molecule has 8 heteroatoms. The minimum Gasteiger partial charge on any atom is -0.377 e. The van der Waals surface area contributed by atoms with Gasteiger partial charge >= 0.3 is 5.56 Å². The van der Waals surface area contributed by atoms with Crippen LogP contribution >= 0.6 is 0 Å². The smallest absolute Gasteiger partial charge is 0.315 e. The predicted octanol–water partition coefficient (Wildman–Crippen LogP) is 1.73. The summed E-state index contributed by atoms with van der Waals surface area (Å²) in [6.45, 7) is 6.97. The van der Waals surface area contributed by atoms with E-state index in [0.29, 0.717) is 29.7 Å². The summed E-state index contributed by atoms with van der Waals surface area (Å²) in [5, 5.41) is 8.82. The fourth-order valence-corrected chi connectivity index (χ4v) is 5.17. The van der Waals surface area contributed by atoms with E-state index < -0.39 is 11.0 Å². The van der Waals surface area contributed by atoms with Crippen LogP contribution in [0.2, 0.25) is 0 Å². The highest BCUT2D eigenvalue weighted by Crippen LogP contribution is 2.61. The number of hydrogen-bond donors (Lipinski definition) is 3. The molecular weight excluding hydrogens is 382 g/mol. The molecule has 2 aromatic rings. The summed E-state index contributed by atoms with van der Waals surface area (Å²) in [6.07, 6.45) is 7.04. The molecular formula is C22H29N5O3. The number of anilines is 1. The fourth-order valence-electron chi connectivity index (χ4n) is 5.17. The molecule has 0 saturated heterocycles. The van der Waals surface area contributed by atoms with Gasteiger partial charge < -0.3 is 15.7 Å². The highest BCUT2D eigenvalue weighted by atomic mass is 16.2. The lowest BCUT2D eigenvalue weighted by atomic mass is 9.45. The molecule has 3 saturated carbocycles. The molecule has 3 fully saturated rings. The van der Waals surface area contributed by atoms with E-state index in [0.717, 1.165) is 16.7 Å². The van der Waals surface area contributed by atoms with Crippen molar-refractivity contribution in [2.24, 2.45) is 23.2 Å². The van der Waals surface area contributed by atoms with Crippen LogP contribution in [0.1, 0.15) is 39.2 Å². The fraction of sp³-hybridized carbons (Fsp3) is 0.545. The molecule has 2 aromatic heterocycles. The number of carbonyl (C=O) groups is 1. The van der Waals surface area contributed by atoms with Gasteiger partial charge in [-0.3, -0.25) is 19.4 Å². The molecule has 0 aliphatic heterocycles. The van der Waals surface area contributed by atoms with Crippen molar-refractivity contribution in [3.05, 3.63) is 56.9 Å². The first-order valence-corrected chi connectivity index (χ1v) is 10.5. The third-order valence-corrected chi connectivity index (χ3v) is 7.28. The van der Waals surface area contributed by atoms with Crippen LogP contribution in [0.25, 0.3) is 0 Å². The van der Waals surface area contributed by atoms with Gasteiger partial charge in [0.25, 0.3) is 5.43 Å². The maximum atomic E-state index is 12.6. The first-order chi connectivity index (χ1) is 14.3. The predicted molar refractivity (Wildman–Crippen MR) is 114 cm³/mol. The van der Waals surface area contributed by atoms with Crippen LogP contribution in [-0.4, -0.2) is 26.7 Å². The van der Waals surface area contributed by atoms with Gasteiger partial charge in [0, 0.05) is 31.2 Å². The quantitative estimate of drug-likeness (QED) is 0.628. The number of aromatic amines is 1. The lowest BCUT2D eigenvalue weighted by Gasteiger charge is -2.62. The number of amides is 1. The summed E-state index contributed by atoms with van der Waals surface area (Å²) in [6, 6.07) is 3.78. The summed E-state index contributed by atoms with van der Waals surface area (Å²) in [4.78, 5) is 41.2. The molecule has 0 spiro atoms. The van der Waals surface area contributed by atoms with Gasteiger partial charge in [-0.2, -0.15) is 0 Å². The van der Waals surface area contributed by atoms with Crippen molar-refractivity contribution in [2.75, 3.05) is 5.32 Å². The maximum Gasteiger partial charge on any atom is 0.315 e. The minimum absolute atomic E-state index is 0.182. The molecule has 5 rings (SSSR count). The van der Waals surface area contributed by atoms with E-state index in [4.69, 9.17) is 0 Å². The van der Waals surface area contributed by atoms with E-state index in [1.165, 1.54) is 12.6 Å². The summed E-state index contributed by atoms with van der Waals surface area (Å²) in [5.41, 5.74) is 0.206. The van der Waals surface area contributed by atoms with Crippen LogP contribution < -0.4 is 21.6 Å². The summed E-state index contributed by atoms with van der Waals surface area (Å²) >= 11 is 0. The maximum absolute atomic E-state index is 12.6. The molecule has 3 aliphatic carbocycles. The summed E-state index contributed by atoms with van der Waals surface area (Å²) < 4.78 is 1.04. The number of rotatable bonds is 6. The number of carbonyl (C=O) groups excluding carboxylic acids is 1.